The highest BCUT2D eigenvalue weighted by Gasteiger charge is 2.31. The van der Waals surface area contributed by atoms with Gasteiger partial charge in [0.15, 0.2) is 0 Å². The number of nitrogens with zero attached hydrogens (tertiary/aromatic N) is 2. The van der Waals surface area contributed by atoms with E-state index in [0.717, 1.165) is 11.3 Å². The molecular formula is C16H11Cl2FN2O. The first-order valence-corrected chi connectivity index (χ1v) is 7.38. The third kappa shape index (κ3) is 2.98. The summed E-state index contributed by atoms with van der Waals surface area (Å²) in [4.78, 5) is 11.4. The van der Waals surface area contributed by atoms with Crippen molar-refractivity contribution < 1.29 is 9.18 Å². The van der Waals surface area contributed by atoms with Crippen molar-refractivity contribution in [2.24, 2.45) is 5.10 Å². The van der Waals surface area contributed by atoms with Gasteiger partial charge < -0.3 is 0 Å². The highest BCUT2D eigenvalue weighted by Crippen LogP contribution is 2.36. The predicted octanol–water partition coefficient (Wildman–Crippen LogP) is 4.55. The van der Waals surface area contributed by atoms with Crippen LogP contribution in [0.3, 0.4) is 0 Å². The Hall–Kier alpha value is -1.91. The van der Waals surface area contributed by atoms with Crippen molar-refractivity contribution in [2.75, 3.05) is 5.01 Å². The summed E-state index contributed by atoms with van der Waals surface area (Å²) < 4.78 is 13.1. The lowest BCUT2D eigenvalue weighted by Gasteiger charge is -2.24. The zero-order chi connectivity index (χ0) is 15.7. The monoisotopic (exact) mass is 336 g/mol. The molecular weight excluding hydrogens is 326 g/mol. The number of hydrazone groups is 1. The summed E-state index contributed by atoms with van der Waals surface area (Å²) in [6, 6.07) is 13.0. The minimum Gasteiger partial charge on any atom is -0.274 e. The Balaban J connectivity index is 1.99. The number of halogens is 3. The second-order valence-corrected chi connectivity index (χ2v) is 5.69. The molecule has 0 spiro atoms. The van der Waals surface area contributed by atoms with Gasteiger partial charge in [-0.05, 0) is 53.6 Å². The largest absolute Gasteiger partial charge is 0.274 e. The fourth-order valence-corrected chi connectivity index (χ4v) is 2.65. The van der Waals surface area contributed by atoms with Crippen molar-refractivity contribution in [1.29, 1.82) is 0 Å². The van der Waals surface area contributed by atoms with Crippen molar-refractivity contribution >= 4 is 39.8 Å². The van der Waals surface area contributed by atoms with Gasteiger partial charge in [0, 0.05) is 11.4 Å². The van der Waals surface area contributed by atoms with Gasteiger partial charge in [0.05, 0.1) is 11.7 Å². The molecule has 0 N–H and O–H groups in total. The second-order valence-electron chi connectivity index (χ2n) is 4.91. The van der Waals surface area contributed by atoms with E-state index in [9.17, 15) is 9.18 Å². The van der Waals surface area contributed by atoms with Gasteiger partial charge in [0.2, 0.25) is 0 Å². The molecule has 2 aromatic carbocycles. The van der Waals surface area contributed by atoms with Crippen LogP contribution in [0, 0.1) is 5.82 Å². The van der Waals surface area contributed by atoms with Gasteiger partial charge in [-0.2, -0.15) is 5.10 Å². The fourth-order valence-electron chi connectivity index (χ4n) is 2.41. The first kappa shape index (κ1) is 15.0. The van der Waals surface area contributed by atoms with Crippen LogP contribution in [-0.4, -0.2) is 11.0 Å². The third-order valence-corrected chi connectivity index (χ3v) is 3.95. The van der Waals surface area contributed by atoms with E-state index in [4.69, 9.17) is 23.2 Å². The summed E-state index contributed by atoms with van der Waals surface area (Å²) in [5.74, 6) is -0.311. The Morgan fingerprint density at radius 3 is 2.36 bits per heavy atom. The van der Waals surface area contributed by atoms with E-state index < -0.39 is 5.24 Å². The molecule has 112 valence electrons. The summed E-state index contributed by atoms with van der Waals surface area (Å²) in [7, 11) is 0. The Labute approximate surface area is 137 Å². The van der Waals surface area contributed by atoms with Crippen LogP contribution in [0.25, 0.3) is 0 Å². The molecule has 3 nitrogen and oxygen atoms in total. The molecule has 0 radical (unpaired) electrons. The number of carbonyl (C=O) groups is 1. The topological polar surface area (TPSA) is 32.7 Å². The molecule has 0 aromatic heterocycles. The SMILES string of the molecule is O=C(Cl)C1=NN(c2ccc(Cl)cc2)C(c2ccc(F)cc2)C1. The average molecular weight is 337 g/mol. The van der Waals surface area contributed by atoms with E-state index in [1.54, 1.807) is 29.3 Å². The third-order valence-electron chi connectivity index (χ3n) is 3.48. The van der Waals surface area contributed by atoms with Gasteiger partial charge in [-0.15, -0.1) is 0 Å². The molecule has 3 rings (SSSR count). The molecule has 0 saturated heterocycles. The van der Waals surface area contributed by atoms with Crippen LogP contribution >= 0.6 is 23.2 Å². The maximum Gasteiger partial charge on any atom is 0.268 e. The van der Waals surface area contributed by atoms with Crippen molar-refractivity contribution in [1.82, 2.24) is 0 Å². The van der Waals surface area contributed by atoms with E-state index in [-0.39, 0.29) is 17.6 Å². The summed E-state index contributed by atoms with van der Waals surface area (Å²) in [5.41, 5.74) is 1.92. The first-order chi connectivity index (χ1) is 10.5. The number of benzene rings is 2. The Morgan fingerprint density at radius 2 is 1.77 bits per heavy atom. The molecule has 1 aliphatic heterocycles. The number of hydrogen-bond acceptors (Lipinski definition) is 3. The standard InChI is InChI=1S/C16H11Cl2FN2O/c17-11-3-7-13(8-4-11)21-15(9-14(20-21)16(18)22)10-1-5-12(19)6-2-10/h1-8,15H,9H2. The van der Waals surface area contributed by atoms with Crippen LogP contribution in [0.2, 0.25) is 5.02 Å². The van der Waals surface area contributed by atoms with Gasteiger partial charge in [0.25, 0.3) is 5.24 Å². The van der Waals surface area contributed by atoms with Crippen LogP contribution < -0.4 is 5.01 Å². The molecule has 0 fully saturated rings. The van der Waals surface area contributed by atoms with E-state index in [1.165, 1.54) is 12.1 Å². The van der Waals surface area contributed by atoms with Gasteiger partial charge in [-0.3, -0.25) is 9.80 Å². The van der Waals surface area contributed by atoms with Gasteiger partial charge >= 0.3 is 0 Å². The van der Waals surface area contributed by atoms with Gasteiger partial charge in [-0.1, -0.05) is 23.7 Å². The first-order valence-electron chi connectivity index (χ1n) is 6.62. The highest BCUT2D eigenvalue weighted by molar-refractivity contribution is 6.82. The molecule has 0 bridgehead atoms. The van der Waals surface area contributed by atoms with Crippen molar-refractivity contribution in [3.05, 3.63) is 64.9 Å². The van der Waals surface area contributed by atoms with E-state index in [0.29, 0.717) is 11.4 Å². The lowest BCUT2D eigenvalue weighted by molar-refractivity contribution is -0.106. The van der Waals surface area contributed by atoms with E-state index in [2.05, 4.69) is 5.10 Å². The summed E-state index contributed by atoms with van der Waals surface area (Å²) in [6.45, 7) is 0. The van der Waals surface area contributed by atoms with E-state index >= 15 is 0 Å². The average Bonchev–Trinajstić information content (AvgIpc) is 2.94. The normalized spacial score (nSPS) is 17.5. The van der Waals surface area contributed by atoms with Gasteiger partial charge in [0.1, 0.15) is 11.5 Å². The minimum atomic E-state index is -0.580. The predicted molar refractivity (Wildman–Crippen MR) is 86.0 cm³/mol. The smallest absolute Gasteiger partial charge is 0.268 e. The maximum absolute atomic E-state index is 13.1. The molecule has 0 amide bonds. The Morgan fingerprint density at radius 1 is 1.14 bits per heavy atom. The molecule has 2 aromatic rings. The number of anilines is 1. The van der Waals surface area contributed by atoms with Crippen LogP contribution in [0.5, 0.6) is 0 Å². The lowest BCUT2D eigenvalue weighted by Crippen LogP contribution is -2.18. The summed E-state index contributed by atoms with van der Waals surface area (Å²) in [6.07, 6.45) is 0.372. The van der Waals surface area contributed by atoms with Crippen molar-refractivity contribution in [3.63, 3.8) is 0 Å². The second kappa shape index (κ2) is 6.07. The molecule has 1 unspecified atom stereocenters. The van der Waals surface area contributed by atoms with Crippen LogP contribution in [-0.2, 0) is 4.79 Å². The highest BCUT2D eigenvalue weighted by atomic mass is 35.5. The summed E-state index contributed by atoms with van der Waals surface area (Å²) >= 11 is 11.5. The van der Waals surface area contributed by atoms with Gasteiger partial charge in [-0.25, -0.2) is 4.39 Å². The maximum atomic E-state index is 13.1. The Bertz CT molecular complexity index is 729. The molecule has 22 heavy (non-hydrogen) atoms. The minimum absolute atomic E-state index is 0.209. The summed E-state index contributed by atoms with van der Waals surface area (Å²) in [5, 5.41) is 6.04. The number of carbonyl (C=O) groups excluding carboxylic acids is 1. The molecule has 0 aliphatic carbocycles. The van der Waals surface area contributed by atoms with Crippen LogP contribution in [0.4, 0.5) is 10.1 Å². The molecule has 1 aliphatic rings. The Kier molecular flexibility index (Phi) is 4.14. The molecule has 1 atom stereocenters. The van der Waals surface area contributed by atoms with Crippen LogP contribution in [0.15, 0.2) is 53.6 Å². The quantitative estimate of drug-likeness (QED) is 0.770. The van der Waals surface area contributed by atoms with Crippen molar-refractivity contribution in [3.8, 4) is 0 Å². The number of hydrogen-bond donors (Lipinski definition) is 0. The lowest BCUT2D eigenvalue weighted by atomic mass is 10.0. The van der Waals surface area contributed by atoms with Crippen molar-refractivity contribution in [2.45, 2.75) is 12.5 Å². The van der Waals surface area contributed by atoms with Crippen LogP contribution in [0.1, 0.15) is 18.0 Å². The fraction of sp³-hybridized carbons (Fsp3) is 0.125. The molecule has 0 saturated carbocycles. The zero-order valence-electron chi connectivity index (χ0n) is 11.3. The molecule has 6 heteroatoms. The molecule has 1 heterocycles. The van der Waals surface area contributed by atoms with E-state index in [1.807, 2.05) is 12.1 Å². The number of rotatable bonds is 3. The zero-order valence-corrected chi connectivity index (χ0v) is 12.9.